The molecule has 1 aromatic heterocycles. The maximum Gasteiger partial charge on any atom is 0.253 e. The molecule has 2 amide bonds. The van der Waals surface area contributed by atoms with Crippen LogP contribution in [0.1, 0.15) is 15.9 Å². The summed E-state index contributed by atoms with van der Waals surface area (Å²) in [5, 5.41) is 10.9. The van der Waals surface area contributed by atoms with E-state index in [1.165, 1.54) is 0 Å². The van der Waals surface area contributed by atoms with E-state index in [1.54, 1.807) is 19.2 Å². The number of likely N-dealkylation sites (N-methyl/N-ethyl adjacent to an activating group) is 1. The zero-order valence-corrected chi connectivity index (χ0v) is 17.7. The monoisotopic (exact) mass is 419 g/mol. The van der Waals surface area contributed by atoms with E-state index in [1.807, 2.05) is 53.1 Å². The molecular weight excluding hydrogens is 394 g/mol. The number of piperazine rings is 1. The molecule has 3 aromatic rings. The van der Waals surface area contributed by atoms with Crippen LogP contribution in [0.3, 0.4) is 0 Å². The lowest BCUT2D eigenvalue weighted by molar-refractivity contribution is -0.122. The third kappa shape index (κ3) is 4.80. The molecule has 1 aliphatic rings. The highest BCUT2D eigenvalue weighted by atomic mass is 16.4. The van der Waals surface area contributed by atoms with Crippen molar-refractivity contribution in [3.05, 3.63) is 59.7 Å². The molecule has 1 N–H and O–H groups in total. The van der Waals surface area contributed by atoms with Gasteiger partial charge in [0.2, 0.25) is 17.7 Å². The number of benzene rings is 2. The molecule has 2 aromatic carbocycles. The minimum atomic E-state index is -0.0166. The lowest BCUT2D eigenvalue weighted by Crippen LogP contribution is -2.50. The fourth-order valence-corrected chi connectivity index (χ4v) is 3.56. The van der Waals surface area contributed by atoms with Gasteiger partial charge in [-0.3, -0.25) is 14.5 Å². The van der Waals surface area contributed by atoms with Crippen LogP contribution in [0.4, 0.5) is 0 Å². The molecule has 4 rings (SSSR count). The number of hydrogen-bond donors (Lipinski definition) is 1. The molecule has 0 aliphatic carbocycles. The van der Waals surface area contributed by atoms with Gasteiger partial charge < -0.3 is 14.6 Å². The largest absolute Gasteiger partial charge is 0.416 e. The number of carbonyl (C=O) groups is 2. The van der Waals surface area contributed by atoms with Gasteiger partial charge in [-0.25, -0.2) is 0 Å². The van der Waals surface area contributed by atoms with Gasteiger partial charge in [0, 0.05) is 49.9 Å². The molecule has 1 saturated heterocycles. The number of carbonyl (C=O) groups excluding carboxylic acids is 2. The van der Waals surface area contributed by atoms with Crippen LogP contribution in [-0.4, -0.2) is 71.6 Å². The van der Waals surface area contributed by atoms with Gasteiger partial charge in [-0.2, -0.15) is 0 Å². The van der Waals surface area contributed by atoms with Crippen LogP contribution < -0.4 is 5.32 Å². The van der Waals surface area contributed by atoms with E-state index in [2.05, 4.69) is 15.5 Å². The molecule has 8 nitrogen and oxygen atoms in total. The first-order valence-electron chi connectivity index (χ1n) is 10.3. The van der Waals surface area contributed by atoms with Crippen molar-refractivity contribution in [3.8, 4) is 22.9 Å². The van der Waals surface area contributed by atoms with Crippen LogP contribution in [-0.2, 0) is 4.79 Å². The summed E-state index contributed by atoms with van der Waals surface area (Å²) in [6.45, 7) is 4.93. The van der Waals surface area contributed by atoms with Crippen molar-refractivity contribution in [2.45, 2.75) is 6.92 Å². The molecule has 1 fully saturated rings. The summed E-state index contributed by atoms with van der Waals surface area (Å²) >= 11 is 0. The van der Waals surface area contributed by atoms with Crippen molar-refractivity contribution in [2.24, 2.45) is 0 Å². The maximum atomic E-state index is 12.8. The molecular formula is C23H25N5O3. The Hall–Kier alpha value is -3.52. The first-order valence-corrected chi connectivity index (χ1v) is 10.3. The SMILES string of the molecule is CNC(=O)CN1CCN(C(=O)c2ccc(-c3nnc(-c4cccc(C)c4)o3)cc2)CC1. The number of aryl methyl sites for hydroxylation is 1. The fourth-order valence-electron chi connectivity index (χ4n) is 3.56. The van der Waals surface area contributed by atoms with Crippen LogP contribution in [0, 0.1) is 6.92 Å². The van der Waals surface area contributed by atoms with Crippen molar-refractivity contribution in [1.29, 1.82) is 0 Å². The molecule has 0 spiro atoms. The second-order valence-electron chi connectivity index (χ2n) is 7.60. The van der Waals surface area contributed by atoms with Crippen LogP contribution >= 0.6 is 0 Å². The summed E-state index contributed by atoms with van der Waals surface area (Å²) in [5.74, 6) is 0.853. The van der Waals surface area contributed by atoms with Gasteiger partial charge in [0.25, 0.3) is 5.91 Å². The minimum Gasteiger partial charge on any atom is -0.416 e. The van der Waals surface area contributed by atoms with Gasteiger partial charge in [0.15, 0.2) is 0 Å². The Kier molecular flexibility index (Phi) is 6.08. The lowest BCUT2D eigenvalue weighted by atomic mass is 10.1. The van der Waals surface area contributed by atoms with E-state index in [9.17, 15) is 9.59 Å². The van der Waals surface area contributed by atoms with Crippen molar-refractivity contribution in [2.75, 3.05) is 39.8 Å². The van der Waals surface area contributed by atoms with E-state index in [0.29, 0.717) is 50.1 Å². The standard InChI is InChI=1S/C23H25N5O3/c1-16-4-3-5-19(14-16)22-26-25-21(31-22)17-6-8-18(9-7-17)23(30)28-12-10-27(11-13-28)15-20(29)24-2/h3-9,14H,10-13,15H2,1-2H3,(H,24,29). The van der Waals surface area contributed by atoms with E-state index in [4.69, 9.17) is 4.42 Å². The van der Waals surface area contributed by atoms with E-state index < -0.39 is 0 Å². The number of nitrogens with zero attached hydrogens (tertiary/aromatic N) is 4. The second-order valence-corrected chi connectivity index (χ2v) is 7.60. The number of rotatable bonds is 5. The molecule has 160 valence electrons. The van der Waals surface area contributed by atoms with Gasteiger partial charge in [0.1, 0.15) is 0 Å². The van der Waals surface area contributed by atoms with Crippen LogP contribution in [0.2, 0.25) is 0 Å². The van der Waals surface area contributed by atoms with Gasteiger partial charge in [0.05, 0.1) is 6.54 Å². The Bertz CT molecular complexity index is 1070. The fraction of sp³-hybridized carbons (Fsp3) is 0.304. The van der Waals surface area contributed by atoms with Crippen molar-refractivity contribution < 1.29 is 14.0 Å². The van der Waals surface area contributed by atoms with Gasteiger partial charge >= 0.3 is 0 Å². The Morgan fingerprint density at radius 1 is 0.968 bits per heavy atom. The normalized spacial score (nSPS) is 14.5. The highest BCUT2D eigenvalue weighted by molar-refractivity contribution is 5.94. The predicted molar refractivity (Wildman–Crippen MR) is 116 cm³/mol. The Balaban J connectivity index is 1.40. The molecule has 31 heavy (non-hydrogen) atoms. The molecule has 0 atom stereocenters. The second kappa shape index (κ2) is 9.09. The lowest BCUT2D eigenvalue weighted by Gasteiger charge is -2.34. The highest BCUT2D eigenvalue weighted by Crippen LogP contribution is 2.25. The topological polar surface area (TPSA) is 91.6 Å². The summed E-state index contributed by atoms with van der Waals surface area (Å²) in [7, 11) is 1.63. The summed E-state index contributed by atoms with van der Waals surface area (Å²) in [6.07, 6.45) is 0. The van der Waals surface area contributed by atoms with E-state index in [-0.39, 0.29) is 11.8 Å². The molecule has 0 radical (unpaired) electrons. The quantitative estimate of drug-likeness (QED) is 0.682. The van der Waals surface area contributed by atoms with Gasteiger partial charge in [-0.05, 0) is 43.3 Å². The van der Waals surface area contributed by atoms with Gasteiger partial charge in [-0.1, -0.05) is 17.7 Å². The van der Waals surface area contributed by atoms with Crippen molar-refractivity contribution >= 4 is 11.8 Å². The van der Waals surface area contributed by atoms with Crippen molar-refractivity contribution in [1.82, 2.24) is 25.3 Å². The first kappa shape index (κ1) is 20.7. The zero-order chi connectivity index (χ0) is 21.8. The number of amides is 2. The Morgan fingerprint density at radius 2 is 1.65 bits per heavy atom. The zero-order valence-electron chi connectivity index (χ0n) is 17.7. The van der Waals surface area contributed by atoms with E-state index in [0.717, 1.165) is 16.7 Å². The molecule has 0 bridgehead atoms. The number of aromatic nitrogens is 2. The third-order valence-corrected chi connectivity index (χ3v) is 5.37. The third-order valence-electron chi connectivity index (χ3n) is 5.37. The van der Waals surface area contributed by atoms with Crippen LogP contribution in [0.5, 0.6) is 0 Å². The summed E-state index contributed by atoms with van der Waals surface area (Å²) in [5.41, 5.74) is 3.37. The Morgan fingerprint density at radius 3 is 2.29 bits per heavy atom. The smallest absolute Gasteiger partial charge is 0.253 e. The average molecular weight is 419 g/mol. The minimum absolute atomic E-state index is 0.0121. The molecule has 8 heteroatoms. The summed E-state index contributed by atoms with van der Waals surface area (Å²) < 4.78 is 5.82. The predicted octanol–water partition coefficient (Wildman–Crippen LogP) is 2.22. The summed E-state index contributed by atoms with van der Waals surface area (Å²) in [6, 6.07) is 15.1. The van der Waals surface area contributed by atoms with Gasteiger partial charge in [-0.15, -0.1) is 10.2 Å². The maximum absolute atomic E-state index is 12.8. The van der Waals surface area contributed by atoms with Crippen LogP contribution in [0.25, 0.3) is 22.9 Å². The molecule has 1 aliphatic heterocycles. The van der Waals surface area contributed by atoms with E-state index >= 15 is 0 Å². The average Bonchev–Trinajstić information content (AvgIpc) is 3.29. The Labute approximate surface area is 180 Å². The number of hydrogen-bond acceptors (Lipinski definition) is 6. The highest BCUT2D eigenvalue weighted by Gasteiger charge is 2.23. The van der Waals surface area contributed by atoms with Crippen molar-refractivity contribution in [3.63, 3.8) is 0 Å². The first-order chi connectivity index (χ1) is 15.0. The summed E-state index contributed by atoms with van der Waals surface area (Å²) in [4.78, 5) is 28.2. The molecule has 2 heterocycles. The molecule has 0 unspecified atom stereocenters. The van der Waals surface area contributed by atoms with Crippen LogP contribution in [0.15, 0.2) is 52.9 Å². The molecule has 0 saturated carbocycles. The number of nitrogens with one attached hydrogen (secondary N) is 1.